The SMILES string of the molecule is CCc1nn(C)c2c(-c3ccc(C#CC(C)(C)O)nc3[C@H](Cc3cc(F)cc(F)c3)NC(=O)Cn3nc(C(F)F)c4c3C(F)(F)[C@@H]3C[C@H]43)ccc(Cl)c12. The van der Waals surface area contributed by atoms with Crippen LogP contribution in [0.25, 0.3) is 22.0 Å². The van der Waals surface area contributed by atoms with E-state index in [0.717, 1.165) is 17.8 Å². The van der Waals surface area contributed by atoms with Crippen molar-refractivity contribution < 1.29 is 36.2 Å². The van der Waals surface area contributed by atoms with Gasteiger partial charge in [-0.25, -0.2) is 22.5 Å². The van der Waals surface area contributed by atoms with Gasteiger partial charge in [0.2, 0.25) is 5.91 Å². The Labute approximate surface area is 305 Å². The summed E-state index contributed by atoms with van der Waals surface area (Å²) in [7, 11) is 1.74. The van der Waals surface area contributed by atoms with Gasteiger partial charge in [0.05, 0.1) is 28.0 Å². The first-order valence-electron chi connectivity index (χ1n) is 16.9. The molecule has 3 atom stereocenters. The third kappa shape index (κ3) is 6.76. The van der Waals surface area contributed by atoms with Crippen molar-refractivity contribution >= 4 is 28.4 Å². The Kier molecular flexibility index (Phi) is 9.09. The molecule has 1 amide bonds. The molecular weight excluding hydrogens is 722 g/mol. The lowest BCUT2D eigenvalue weighted by Crippen LogP contribution is -2.35. The fraction of sp³-hybridized carbons (Fsp3) is 0.368. The van der Waals surface area contributed by atoms with Crippen LogP contribution >= 0.6 is 11.6 Å². The van der Waals surface area contributed by atoms with E-state index in [1.54, 1.807) is 36.0 Å². The summed E-state index contributed by atoms with van der Waals surface area (Å²) in [5.74, 6) is -2.50. The minimum absolute atomic E-state index is 0.0550. The largest absolute Gasteiger partial charge is 0.378 e. The number of carbonyl (C=O) groups is 1. The lowest BCUT2D eigenvalue weighted by molar-refractivity contribution is -0.123. The summed E-state index contributed by atoms with van der Waals surface area (Å²) in [5, 5.41) is 22.6. The van der Waals surface area contributed by atoms with Crippen molar-refractivity contribution in [2.45, 2.75) is 76.5 Å². The number of hydrogen-bond acceptors (Lipinski definition) is 5. The summed E-state index contributed by atoms with van der Waals surface area (Å²) in [4.78, 5) is 18.6. The van der Waals surface area contributed by atoms with Gasteiger partial charge in [0.15, 0.2) is 0 Å². The van der Waals surface area contributed by atoms with Gasteiger partial charge in [-0.3, -0.25) is 14.2 Å². The first-order valence-corrected chi connectivity index (χ1v) is 17.3. The number of halogens is 7. The number of amides is 1. The summed E-state index contributed by atoms with van der Waals surface area (Å²) in [6.07, 6.45) is -2.76. The number of pyridine rings is 1. The average Bonchev–Trinajstić information content (AvgIpc) is 3.60. The molecule has 3 aromatic heterocycles. The number of aryl methyl sites for hydroxylation is 2. The number of hydrogen-bond donors (Lipinski definition) is 2. The molecule has 0 aliphatic heterocycles. The Morgan fingerprint density at radius 3 is 2.45 bits per heavy atom. The van der Waals surface area contributed by atoms with E-state index >= 15 is 8.78 Å². The van der Waals surface area contributed by atoms with E-state index < -0.39 is 71.3 Å². The van der Waals surface area contributed by atoms with Crippen molar-refractivity contribution in [3.63, 3.8) is 0 Å². The molecule has 3 heterocycles. The molecule has 0 saturated heterocycles. The van der Waals surface area contributed by atoms with Crippen LogP contribution in [0.4, 0.5) is 26.3 Å². The van der Waals surface area contributed by atoms with Crippen molar-refractivity contribution in [3.05, 3.63) is 98.7 Å². The molecule has 53 heavy (non-hydrogen) atoms. The molecule has 0 radical (unpaired) electrons. The minimum atomic E-state index is -3.46. The number of rotatable bonds is 9. The zero-order valence-electron chi connectivity index (χ0n) is 28.9. The topological polar surface area (TPSA) is 97.9 Å². The molecule has 0 bridgehead atoms. The van der Waals surface area contributed by atoms with Crippen molar-refractivity contribution in [3.8, 4) is 23.0 Å². The number of fused-ring (bicyclic) bond motifs is 4. The number of carbonyl (C=O) groups excluding carboxylic acids is 1. The van der Waals surface area contributed by atoms with E-state index in [4.69, 9.17) is 16.6 Å². The number of alkyl halides is 4. The lowest BCUT2D eigenvalue weighted by Gasteiger charge is -2.23. The Hall–Kier alpha value is -4.87. The molecular formula is C38H33ClF6N6O2. The van der Waals surface area contributed by atoms with Crippen molar-refractivity contribution in [2.24, 2.45) is 13.0 Å². The zero-order chi connectivity index (χ0) is 38.1. The van der Waals surface area contributed by atoms with Crippen LogP contribution in [0.3, 0.4) is 0 Å². The molecule has 15 heteroatoms. The van der Waals surface area contributed by atoms with Gasteiger partial charge in [0.1, 0.15) is 40.9 Å². The lowest BCUT2D eigenvalue weighted by atomic mass is 9.93. The molecule has 0 spiro atoms. The second-order valence-electron chi connectivity index (χ2n) is 14.0. The van der Waals surface area contributed by atoms with Gasteiger partial charge in [-0.05, 0) is 80.8 Å². The van der Waals surface area contributed by atoms with Crippen LogP contribution in [-0.4, -0.2) is 41.2 Å². The predicted molar refractivity (Wildman–Crippen MR) is 184 cm³/mol. The Bertz CT molecular complexity index is 2330. The van der Waals surface area contributed by atoms with Gasteiger partial charge in [0, 0.05) is 41.1 Å². The molecule has 2 aliphatic rings. The van der Waals surface area contributed by atoms with Crippen molar-refractivity contribution in [2.75, 3.05) is 0 Å². The quantitative estimate of drug-likeness (QED) is 0.119. The number of aliphatic hydroxyl groups is 1. The Morgan fingerprint density at radius 1 is 1.09 bits per heavy atom. The van der Waals surface area contributed by atoms with Crippen molar-refractivity contribution in [1.29, 1.82) is 0 Å². The van der Waals surface area contributed by atoms with Crippen molar-refractivity contribution in [1.82, 2.24) is 29.9 Å². The van der Waals surface area contributed by atoms with Crippen LogP contribution in [0.2, 0.25) is 5.02 Å². The molecule has 8 nitrogen and oxygen atoms in total. The molecule has 2 aromatic carbocycles. The summed E-state index contributed by atoms with van der Waals surface area (Å²) in [6.45, 7) is 4.04. The van der Waals surface area contributed by atoms with E-state index in [0.29, 0.717) is 44.2 Å². The van der Waals surface area contributed by atoms with Crippen LogP contribution in [0.15, 0.2) is 42.5 Å². The van der Waals surface area contributed by atoms with E-state index in [9.17, 15) is 27.5 Å². The normalized spacial score (nSPS) is 17.8. The van der Waals surface area contributed by atoms with Crippen LogP contribution in [0, 0.1) is 29.4 Å². The van der Waals surface area contributed by atoms with E-state index in [1.165, 1.54) is 13.8 Å². The number of nitrogens with zero attached hydrogens (tertiary/aromatic N) is 5. The maximum absolute atomic E-state index is 15.3. The summed E-state index contributed by atoms with van der Waals surface area (Å²) in [5.41, 5.74) is -0.264. The van der Waals surface area contributed by atoms with E-state index in [1.807, 2.05) is 6.92 Å². The smallest absolute Gasteiger partial charge is 0.293 e. The second kappa shape index (κ2) is 13.2. The Morgan fingerprint density at radius 2 is 1.79 bits per heavy atom. The highest BCUT2D eigenvalue weighted by Gasteiger charge is 2.67. The monoisotopic (exact) mass is 754 g/mol. The van der Waals surface area contributed by atoms with Gasteiger partial charge >= 0.3 is 0 Å². The highest BCUT2D eigenvalue weighted by Crippen LogP contribution is 2.68. The number of benzene rings is 2. The molecule has 276 valence electrons. The van der Waals surface area contributed by atoms with Crippen LogP contribution < -0.4 is 5.32 Å². The first-order chi connectivity index (χ1) is 25.0. The third-order valence-corrected chi connectivity index (χ3v) is 9.86. The highest BCUT2D eigenvalue weighted by molar-refractivity contribution is 6.36. The molecule has 0 unspecified atom stereocenters. The second-order valence-corrected chi connectivity index (χ2v) is 14.4. The first kappa shape index (κ1) is 36.5. The number of aromatic nitrogens is 5. The average molecular weight is 755 g/mol. The number of nitrogens with one attached hydrogen (secondary N) is 1. The summed E-state index contributed by atoms with van der Waals surface area (Å²) in [6, 6.07) is 8.36. The molecule has 5 aromatic rings. The van der Waals surface area contributed by atoms with Gasteiger partial charge < -0.3 is 10.4 Å². The van der Waals surface area contributed by atoms with Gasteiger partial charge in [0.25, 0.3) is 12.3 Å². The van der Waals surface area contributed by atoms with Gasteiger partial charge in [-0.2, -0.15) is 19.0 Å². The van der Waals surface area contributed by atoms with Crippen LogP contribution in [-0.2, 0) is 37.2 Å². The standard InChI is InChI=1S/C38H33ClF6N6O2/c1-5-27-31-26(39)9-8-23(34(31)50(4)48-27)22-7-6-21(10-11-37(2,3)53)46-32(22)28(14-18-12-19(40)15-20(41)13-18)47-29(52)17-51-35-30(33(49-51)36(42)43)24-16-25(24)38(35,44)45/h6-9,12-13,15,24-25,28,36,53H,5,14,16-17H2,1-4H3,(H,47,52)/t24-,25+,28-/m0/s1. The zero-order valence-corrected chi connectivity index (χ0v) is 29.7. The highest BCUT2D eigenvalue weighted by atomic mass is 35.5. The third-order valence-electron chi connectivity index (χ3n) is 9.54. The molecule has 7 rings (SSSR count). The minimum Gasteiger partial charge on any atom is -0.378 e. The molecule has 2 N–H and O–H groups in total. The van der Waals surface area contributed by atoms with Crippen LogP contribution in [0.1, 0.15) is 85.2 Å². The summed E-state index contributed by atoms with van der Waals surface area (Å²) < 4.78 is 89.9. The van der Waals surface area contributed by atoms with Gasteiger partial charge in [-0.1, -0.05) is 30.5 Å². The van der Waals surface area contributed by atoms with E-state index in [-0.39, 0.29) is 35.4 Å². The summed E-state index contributed by atoms with van der Waals surface area (Å²) >= 11 is 6.65. The predicted octanol–water partition coefficient (Wildman–Crippen LogP) is 7.69. The Balaban J connectivity index is 1.37. The maximum Gasteiger partial charge on any atom is 0.293 e. The molecule has 1 saturated carbocycles. The van der Waals surface area contributed by atoms with Crippen LogP contribution in [0.5, 0.6) is 0 Å². The maximum atomic E-state index is 15.3. The van der Waals surface area contributed by atoms with E-state index in [2.05, 4.69) is 27.4 Å². The molecule has 2 aliphatic carbocycles. The fourth-order valence-electron chi connectivity index (χ4n) is 7.31. The molecule has 1 fully saturated rings. The fourth-order valence-corrected chi connectivity index (χ4v) is 7.57. The van der Waals surface area contributed by atoms with Gasteiger partial charge in [-0.15, -0.1) is 0 Å².